The average Bonchev–Trinajstić information content (AvgIpc) is 3.55. The summed E-state index contributed by atoms with van der Waals surface area (Å²) in [6.45, 7) is 4.00. The summed E-state index contributed by atoms with van der Waals surface area (Å²) in [5.41, 5.74) is -0.743. The van der Waals surface area contributed by atoms with E-state index in [0.717, 1.165) is 6.07 Å². The zero-order chi connectivity index (χ0) is 25.8. The van der Waals surface area contributed by atoms with Crippen LogP contribution < -0.4 is 4.72 Å². The lowest BCUT2D eigenvalue weighted by molar-refractivity contribution is -0.152. The zero-order valence-corrected chi connectivity index (χ0v) is 19.7. The Morgan fingerprint density at radius 1 is 1.03 bits per heavy atom. The van der Waals surface area contributed by atoms with E-state index in [2.05, 4.69) is 0 Å². The molecule has 0 saturated heterocycles. The fraction of sp³-hybridized carbons (Fsp3) is 0.417. The molecule has 2 aromatic carbocycles. The lowest BCUT2D eigenvalue weighted by atomic mass is 9.97. The maximum absolute atomic E-state index is 14.1. The predicted octanol–water partition coefficient (Wildman–Crippen LogP) is 6.67. The second kappa shape index (κ2) is 8.85. The van der Waals surface area contributed by atoms with Gasteiger partial charge < -0.3 is 4.57 Å². The first-order valence-electron chi connectivity index (χ1n) is 11.1. The van der Waals surface area contributed by atoms with Gasteiger partial charge in [-0.15, -0.1) is 0 Å². The van der Waals surface area contributed by atoms with Crippen LogP contribution in [0.1, 0.15) is 43.9 Å². The van der Waals surface area contributed by atoms with Gasteiger partial charge in [0, 0.05) is 29.2 Å². The highest BCUT2D eigenvalue weighted by Crippen LogP contribution is 2.42. The van der Waals surface area contributed by atoms with Gasteiger partial charge in [-0.05, 0) is 42.0 Å². The van der Waals surface area contributed by atoms with Gasteiger partial charge in [-0.25, -0.2) is 8.42 Å². The van der Waals surface area contributed by atoms with E-state index < -0.39 is 39.2 Å². The van der Waals surface area contributed by atoms with Crippen molar-refractivity contribution in [1.29, 1.82) is 0 Å². The van der Waals surface area contributed by atoms with Gasteiger partial charge in [0.05, 0.1) is 10.8 Å². The highest BCUT2D eigenvalue weighted by molar-refractivity contribution is 7.90. The molecular formula is C24H24F6N2O2S. The van der Waals surface area contributed by atoms with Gasteiger partial charge in [-0.3, -0.25) is 0 Å². The van der Waals surface area contributed by atoms with Gasteiger partial charge in [-0.2, -0.15) is 31.1 Å². The molecular weight excluding hydrogens is 494 g/mol. The largest absolute Gasteiger partial charge is 0.417 e. The Balaban J connectivity index is 1.89. The fourth-order valence-electron chi connectivity index (χ4n) is 4.19. The Morgan fingerprint density at radius 3 is 2.26 bits per heavy atom. The van der Waals surface area contributed by atoms with E-state index in [4.69, 9.17) is 0 Å². The number of rotatable bonds is 7. The van der Waals surface area contributed by atoms with Gasteiger partial charge in [-0.1, -0.05) is 44.2 Å². The van der Waals surface area contributed by atoms with Crippen molar-refractivity contribution in [3.63, 3.8) is 0 Å². The molecule has 1 aliphatic carbocycles. The second-order valence-electron chi connectivity index (χ2n) is 9.24. The van der Waals surface area contributed by atoms with Crippen LogP contribution >= 0.6 is 0 Å². The van der Waals surface area contributed by atoms with E-state index in [1.165, 1.54) is 42.6 Å². The van der Waals surface area contributed by atoms with Crippen LogP contribution in [0.3, 0.4) is 0 Å². The summed E-state index contributed by atoms with van der Waals surface area (Å²) >= 11 is 0. The van der Waals surface area contributed by atoms with Gasteiger partial charge >= 0.3 is 12.4 Å². The lowest BCUT2D eigenvalue weighted by Crippen LogP contribution is -2.39. The summed E-state index contributed by atoms with van der Waals surface area (Å²) in [4.78, 5) is 0. The third-order valence-corrected chi connectivity index (χ3v) is 7.82. The molecule has 11 heteroatoms. The molecule has 1 atom stereocenters. The van der Waals surface area contributed by atoms with Crippen LogP contribution in [-0.2, 0) is 22.7 Å². The summed E-state index contributed by atoms with van der Waals surface area (Å²) in [5, 5.41) is -0.721. The summed E-state index contributed by atoms with van der Waals surface area (Å²) < 4.78 is 111. The molecule has 0 spiro atoms. The highest BCUT2D eigenvalue weighted by atomic mass is 32.2. The topological polar surface area (TPSA) is 51.1 Å². The molecule has 0 unspecified atom stereocenters. The van der Waals surface area contributed by atoms with Crippen LogP contribution in [0.2, 0.25) is 0 Å². The number of halogens is 6. The molecule has 1 heterocycles. The van der Waals surface area contributed by atoms with Crippen LogP contribution in [-0.4, -0.2) is 24.4 Å². The maximum Gasteiger partial charge on any atom is 0.417 e. The fourth-order valence-corrected chi connectivity index (χ4v) is 5.73. The minimum Gasteiger partial charge on any atom is -0.347 e. The van der Waals surface area contributed by atoms with Crippen molar-refractivity contribution in [3.05, 3.63) is 59.8 Å². The molecule has 3 aromatic rings. The molecule has 4 rings (SSSR count). The summed E-state index contributed by atoms with van der Waals surface area (Å²) in [6.07, 6.45) is -7.68. The average molecular weight is 519 g/mol. The van der Waals surface area contributed by atoms with E-state index in [1.54, 1.807) is 4.57 Å². The normalized spacial score (nSPS) is 16.3. The van der Waals surface area contributed by atoms with Crippen molar-refractivity contribution in [3.8, 4) is 11.1 Å². The van der Waals surface area contributed by atoms with Crippen molar-refractivity contribution in [2.45, 2.75) is 56.9 Å². The molecule has 1 aromatic heterocycles. The SMILES string of the molecule is CC(C)Cn1cc([C@@H](NS(=O)(=O)C2CC2)C(F)(F)F)c2ccc(-c3ccccc3C(F)(F)F)cc21. The van der Waals surface area contributed by atoms with E-state index in [9.17, 15) is 34.8 Å². The third kappa shape index (κ3) is 5.35. The number of fused-ring (bicyclic) bond motifs is 1. The predicted molar refractivity (Wildman–Crippen MR) is 121 cm³/mol. The number of aromatic nitrogens is 1. The smallest absolute Gasteiger partial charge is 0.347 e. The number of nitrogens with zero attached hydrogens (tertiary/aromatic N) is 1. The molecule has 35 heavy (non-hydrogen) atoms. The molecule has 0 amide bonds. The van der Waals surface area contributed by atoms with Crippen molar-refractivity contribution in [2.75, 3.05) is 0 Å². The van der Waals surface area contributed by atoms with Gasteiger partial charge in [0.1, 0.15) is 6.04 Å². The Morgan fingerprint density at radius 2 is 1.69 bits per heavy atom. The van der Waals surface area contributed by atoms with Crippen LogP contribution in [0.5, 0.6) is 0 Å². The van der Waals surface area contributed by atoms with Crippen LogP contribution in [0.4, 0.5) is 26.3 Å². The Bertz CT molecular complexity index is 1340. The zero-order valence-electron chi connectivity index (χ0n) is 18.9. The first-order chi connectivity index (χ1) is 16.2. The number of nitrogens with one attached hydrogen (secondary N) is 1. The first-order valence-corrected chi connectivity index (χ1v) is 12.6. The molecule has 4 nitrogen and oxygen atoms in total. The van der Waals surface area contributed by atoms with E-state index >= 15 is 0 Å². The van der Waals surface area contributed by atoms with Gasteiger partial charge in [0.25, 0.3) is 0 Å². The van der Waals surface area contributed by atoms with Crippen molar-refractivity contribution < 1.29 is 34.8 Å². The molecule has 0 aliphatic heterocycles. The molecule has 1 aliphatic rings. The number of hydrogen-bond donors (Lipinski definition) is 1. The van der Waals surface area contributed by atoms with E-state index in [-0.39, 0.29) is 28.0 Å². The van der Waals surface area contributed by atoms with E-state index in [0.29, 0.717) is 24.9 Å². The summed E-state index contributed by atoms with van der Waals surface area (Å²) in [7, 11) is -4.18. The summed E-state index contributed by atoms with van der Waals surface area (Å²) in [5.74, 6) is 0.0112. The summed E-state index contributed by atoms with van der Waals surface area (Å²) in [6, 6.07) is 6.59. The number of sulfonamides is 1. The van der Waals surface area contributed by atoms with Crippen LogP contribution in [0.15, 0.2) is 48.7 Å². The van der Waals surface area contributed by atoms with Crippen LogP contribution in [0.25, 0.3) is 22.0 Å². The van der Waals surface area contributed by atoms with Crippen molar-refractivity contribution in [2.24, 2.45) is 5.92 Å². The quantitative estimate of drug-likeness (QED) is 0.355. The number of hydrogen-bond acceptors (Lipinski definition) is 2. The first kappa shape index (κ1) is 25.6. The molecule has 0 bridgehead atoms. The number of benzene rings is 2. The monoisotopic (exact) mass is 518 g/mol. The highest BCUT2D eigenvalue weighted by Gasteiger charge is 2.47. The minimum absolute atomic E-state index is 0.0112. The molecule has 1 saturated carbocycles. The Hall–Kier alpha value is -2.53. The Labute approximate surface area is 199 Å². The minimum atomic E-state index is -4.92. The van der Waals surface area contributed by atoms with Crippen molar-refractivity contribution in [1.82, 2.24) is 9.29 Å². The molecule has 1 fully saturated rings. The Kier molecular flexibility index (Phi) is 6.46. The second-order valence-corrected chi connectivity index (χ2v) is 11.2. The van der Waals surface area contributed by atoms with Crippen LogP contribution in [0, 0.1) is 5.92 Å². The van der Waals surface area contributed by atoms with Crippen molar-refractivity contribution >= 4 is 20.9 Å². The molecule has 190 valence electrons. The lowest BCUT2D eigenvalue weighted by Gasteiger charge is -2.21. The molecule has 1 N–H and O–H groups in total. The maximum atomic E-state index is 14.1. The van der Waals surface area contributed by atoms with Gasteiger partial charge in [0.15, 0.2) is 0 Å². The third-order valence-electron chi connectivity index (χ3n) is 5.90. The number of alkyl halides is 6. The van der Waals surface area contributed by atoms with E-state index in [1.807, 2.05) is 18.6 Å². The van der Waals surface area contributed by atoms with Gasteiger partial charge in [0.2, 0.25) is 10.0 Å². The molecule has 0 radical (unpaired) electrons. The standard InChI is InChI=1S/C24H24F6N2O2S/c1-14(2)12-32-13-19(22(24(28,29)30)31-35(33,34)16-8-9-16)18-10-7-15(11-21(18)32)17-5-3-4-6-20(17)23(25,26)27/h3-7,10-11,13-14,16,22,31H,8-9,12H2,1-2H3/t22-/m1/s1.